The van der Waals surface area contributed by atoms with Crippen LogP contribution >= 0.6 is 0 Å². The number of carbonyl (C=O) groups is 2. The number of aromatic nitrogens is 4. The van der Waals surface area contributed by atoms with Crippen LogP contribution in [0.1, 0.15) is 59.5 Å². The molecule has 1 aliphatic carbocycles. The Labute approximate surface area is 237 Å². The van der Waals surface area contributed by atoms with Crippen LogP contribution in [0.15, 0.2) is 77.7 Å². The smallest absolute Gasteiger partial charge is 0.410 e. The highest BCUT2D eigenvalue weighted by molar-refractivity contribution is 7.90. The Morgan fingerprint density at radius 2 is 1.63 bits per heavy atom. The number of tetrazole rings is 1. The number of hydrogen-bond donors (Lipinski definition) is 2. The second-order valence-corrected chi connectivity index (χ2v) is 12.0. The van der Waals surface area contributed by atoms with E-state index in [1.165, 1.54) is 66.8 Å². The van der Waals surface area contributed by atoms with Gasteiger partial charge in [-0.2, -0.15) is 5.21 Å². The molecule has 1 heterocycles. The van der Waals surface area contributed by atoms with Gasteiger partial charge in [0.2, 0.25) is 0 Å². The molecule has 212 valence electrons. The molecule has 0 aliphatic heterocycles. The van der Waals surface area contributed by atoms with Crippen molar-refractivity contribution in [3.8, 4) is 5.75 Å². The van der Waals surface area contributed by atoms with Crippen LogP contribution in [0.4, 0.5) is 16.4 Å². The van der Waals surface area contributed by atoms with Crippen LogP contribution in [0.2, 0.25) is 0 Å². The molecule has 4 aromatic rings. The third kappa shape index (κ3) is 7.14. The van der Waals surface area contributed by atoms with Crippen molar-refractivity contribution in [2.75, 3.05) is 16.5 Å². The zero-order chi connectivity index (χ0) is 28.8. The lowest BCUT2D eigenvalue weighted by Crippen LogP contribution is -2.33. The van der Waals surface area contributed by atoms with E-state index in [-0.39, 0.29) is 23.1 Å². The monoisotopic (exact) mass is 574 g/mol. The minimum Gasteiger partial charge on any atom is -0.410 e. The SMILES string of the molecule is CS(=O)(=O)c1ccc(OC(=O)N(Cc2ccc(C(=O)Nc3nn[nH]n3)cc2)c2ccc(C3CCCCC3)cc2)cc1. The van der Waals surface area contributed by atoms with Crippen molar-refractivity contribution < 1.29 is 22.7 Å². The summed E-state index contributed by atoms with van der Waals surface area (Å²) < 4.78 is 29.2. The lowest BCUT2D eigenvalue weighted by Gasteiger charge is -2.25. The van der Waals surface area contributed by atoms with Gasteiger partial charge in [-0.15, -0.1) is 5.10 Å². The third-order valence-electron chi connectivity index (χ3n) is 7.09. The van der Waals surface area contributed by atoms with E-state index in [0.717, 1.165) is 11.8 Å². The molecular weight excluding hydrogens is 544 g/mol. The zero-order valence-electron chi connectivity index (χ0n) is 22.5. The number of rotatable bonds is 8. The molecule has 0 radical (unpaired) electrons. The van der Waals surface area contributed by atoms with E-state index >= 15 is 0 Å². The first-order valence-electron chi connectivity index (χ1n) is 13.3. The number of anilines is 2. The van der Waals surface area contributed by atoms with Crippen molar-refractivity contribution in [1.29, 1.82) is 0 Å². The second kappa shape index (κ2) is 12.3. The van der Waals surface area contributed by atoms with Crippen molar-refractivity contribution in [3.05, 3.63) is 89.5 Å². The Morgan fingerprint density at radius 1 is 0.951 bits per heavy atom. The van der Waals surface area contributed by atoms with Crippen molar-refractivity contribution in [3.63, 3.8) is 0 Å². The van der Waals surface area contributed by atoms with Crippen LogP contribution in [0.25, 0.3) is 0 Å². The quantitative estimate of drug-likeness (QED) is 0.295. The number of hydrogen-bond acceptors (Lipinski definition) is 8. The molecule has 0 atom stereocenters. The number of nitrogens with zero attached hydrogens (tertiary/aromatic N) is 4. The van der Waals surface area contributed by atoms with Gasteiger partial charge in [0.1, 0.15) is 5.75 Å². The molecule has 0 spiro atoms. The lowest BCUT2D eigenvalue weighted by molar-refractivity contribution is 0.102. The van der Waals surface area contributed by atoms with Gasteiger partial charge in [-0.05, 0) is 83.6 Å². The van der Waals surface area contributed by atoms with Crippen LogP contribution < -0.4 is 15.0 Å². The first kappa shape index (κ1) is 28.0. The molecule has 2 amide bonds. The topological polar surface area (TPSA) is 147 Å². The van der Waals surface area contributed by atoms with Crippen molar-refractivity contribution >= 4 is 33.5 Å². The molecule has 0 saturated heterocycles. The minimum atomic E-state index is -3.38. The highest BCUT2D eigenvalue weighted by atomic mass is 32.2. The normalized spacial score (nSPS) is 13.9. The molecule has 41 heavy (non-hydrogen) atoms. The van der Waals surface area contributed by atoms with Crippen LogP contribution in [0, 0.1) is 0 Å². The van der Waals surface area contributed by atoms with Gasteiger partial charge in [0.15, 0.2) is 9.84 Å². The largest absolute Gasteiger partial charge is 0.420 e. The molecule has 5 rings (SSSR count). The van der Waals surface area contributed by atoms with E-state index in [2.05, 4.69) is 38.1 Å². The van der Waals surface area contributed by atoms with Crippen LogP contribution in [-0.2, 0) is 16.4 Å². The maximum absolute atomic E-state index is 13.4. The standard InChI is InChI=1S/C29H30N6O5S/c1-41(38,39)26-17-15-25(16-18-26)40-29(37)35(24-13-11-22(12-14-24)21-5-3-2-4-6-21)19-20-7-9-23(10-8-20)27(36)30-28-31-33-34-32-28/h7-18,21H,2-6,19H2,1H3,(H2,30,31,32,33,34,36). The maximum Gasteiger partial charge on any atom is 0.420 e. The van der Waals surface area contributed by atoms with Gasteiger partial charge in [0, 0.05) is 17.5 Å². The number of carbonyl (C=O) groups excluding carboxylic acids is 2. The summed E-state index contributed by atoms with van der Waals surface area (Å²) in [6.07, 6.45) is 6.56. The molecule has 0 bridgehead atoms. The molecule has 1 fully saturated rings. The number of ether oxygens (including phenoxy) is 1. The minimum absolute atomic E-state index is 0.0641. The molecule has 11 nitrogen and oxygen atoms in total. The van der Waals surface area contributed by atoms with E-state index in [1.54, 1.807) is 24.3 Å². The molecule has 12 heteroatoms. The summed E-state index contributed by atoms with van der Waals surface area (Å²) in [7, 11) is -3.38. The Hall–Kier alpha value is -4.58. The first-order valence-corrected chi connectivity index (χ1v) is 15.2. The number of benzene rings is 3. The van der Waals surface area contributed by atoms with Crippen molar-refractivity contribution in [2.45, 2.75) is 49.5 Å². The van der Waals surface area contributed by atoms with Gasteiger partial charge < -0.3 is 4.74 Å². The van der Waals surface area contributed by atoms with Gasteiger partial charge in [0.05, 0.1) is 11.4 Å². The van der Waals surface area contributed by atoms with Gasteiger partial charge in [-0.25, -0.2) is 13.2 Å². The van der Waals surface area contributed by atoms with Gasteiger partial charge in [0.25, 0.3) is 11.9 Å². The van der Waals surface area contributed by atoms with Crippen molar-refractivity contribution in [1.82, 2.24) is 20.6 Å². The van der Waals surface area contributed by atoms with Gasteiger partial charge in [-0.3, -0.25) is 15.0 Å². The third-order valence-corrected chi connectivity index (χ3v) is 8.21. The van der Waals surface area contributed by atoms with Crippen LogP contribution in [-0.4, -0.2) is 47.3 Å². The van der Waals surface area contributed by atoms with E-state index in [9.17, 15) is 18.0 Å². The molecule has 0 unspecified atom stereocenters. The lowest BCUT2D eigenvalue weighted by atomic mass is 9.84. The Balaban J connectivity index is 1.35. The number of nitrogens with one attached hydrogen (secondary N) is 2. The maximum atomic E-state index is 13.4. The molecule has 3 aromatic carbocycles. The summed E-state index contributed by atoms with van der Waals surface area (Å²) >= 11 is 0. The van der Waals surface area contributed by atoms with E-state index < -0.39 is 21.8 Å². The predicted molar refractivity (Wildman–Crippen MR) is 153 cm³/mol. The Bertz CT molecular complexity index is 1580. The number of amides is 2. The summed E-state index contributed by atoms with van der Waals surface area (Å²) in [5, 5.41) is 15.6. The fourth-order valence-electron chi connectivity index (χ4n) is 4.87. The van der Waals surface area contributed by atoms with Crippen LogP contribution in [0.5, 0.6) is 5.75 Å². The summed E-state index contributed by atoms with van der Waals surface area (Å²) in [6.45, 7) is 0.176. The summed E-state index contributed by atoms with van der Waals surface area (Å²) in [6, 6.07) is 20.5. The molecule has 2 N–H and O–H groups in total. The Kier molecular flexibility index (Phi) is 8.39. The van der Waals surface area contributed by atoms with Crippen molar-refractivity contribution in [2.24, 2.45) is 0 Å². The number of sulfone groups is 1. The first-order chi connectivity index (χ1) is 19.8. The highest BCUT2D eigenvalue weighted by Crippen LogP contribution is 2.33. The average molecular weight is 575 g/mol. The highest BCUT2D eigenvalue weighted by Gasteiger charge is 2.21. The average Bonchev–Trinajstić information content (AvgIpc) is 3.49. The summed E-state index contributed by atoms with van der Waals surface area (Å²) in [5.41, 5.74) is 3.06. The van der Waals surface area contributed by atoms with Gasteiger partial charge >= 0.3 is 6.09 Å². The van der Waals surface area contributed by atoms with Gasteiger partial charge in [-0.1, -0.05) is 48.6 Å². The summed E-state index contributed by atoms with van der Waals surface area (Å²) in [4.78, 5) is 27.5. The molecule has 1 saturated carbocycles. The predicted octanol–water partition coefficient (Wildman–Crippen LogP) is 5.11. The van der Waals surface area contributed by atoms with E-state index in [1.807, 2.05) is 12.1 Å². The molecule has 1 aliphatic rings. The fourth-order valence-corrected chi connectivity index (χ4v) is 5.50. The Morgan fingerprint density at radius 3 is 2.24 bits per heavy atom. The summed E-state index contributed by atoms with van der Waals surface area (Å²) in [5.74, 6) is 0.414. The molecular formula is C29H30N6O5S. The second-order valence-electron chi connectivity index (χ2n) is 10.0. The van der Waals surface area contributed by atoms with Crippen LogP contribution in [0.3, 0.4) is 0 Å². The fraction of sp³-hybridized carbons (Fsp3) is 0.276. The van der Waals surface area contributed by atoms with E-state index in [0.29, 0.717) is 17.2 Å². The van der Waals surface area contributed by atoms with E-state index in [4.69, 9.17) is 4.74 Å². The molecule has 1 aromatic heterocycles. The number of aromatic amines is 1. The number of H-pyrrole nitrogens is 1. The zero-order valence-corrected chi connectivity index (χ0v) is 23.3.